The molecule has 0 unspecified atom stereocenters. The Labute approximate surface area is 148 Å². The first-order valence-electron chi connectivity index (χ1n) is 7.63. The quantitative estimate of drug-likeness (QED) is 0.710. The highest BCUT2D eigenvalue weighted by atomic mass is 19.1. The molecule has 1 N–H and O–H groups in total. The summed E-state index contributed by atoms with van der Waals surface area (Å²) in [6.45, 7) is 0. The normalized spacial score (nSPS) is 10.4. The molecule has 0 aliphatic rings. The Morgan fingerprint density at radius 2 is 1.62 bits per heavy atom. The zero-order valence-electron chi connectivity index (χ0n) is 13.7. The second kappa shape index (κ2) is 6.81. The molecular weight excluding hydrogens is 341 g/mol. The third kappa shape index (κ3) is 3.07. The molecule has 0 bridgehead atoms. The van der Waals surface area contributed by atoms with Gasteiger partial charge in [-0.05, 0) is 47.5 Å². The van der Waals surface area contributed by atoms with Crippen molar-refractivity contribution >= 4 is 11.4 Å². The summed E-state index contributed by atoms with van der Waals surface area (Å²) in [6.07, 6.45) is 0. The predicted octanol–water partition coefficient (Wildman–Crippen LogP) is 5.12. The first-order chi connectivity index (χ1) is 12.4. The van der Waals surface area contributed by atoms with Gasteiger partial charge in [-0.3, -0.25) is 0 Å². The second-order valence-electron chi connectivity index (χ2n) is 5.64. The Morgan fingerprint density at radius 1 is 0.923 bits per heavy atom. The van der Waals surface area contributed by atoms with Gasteiger partial charge in [-0.2, -0.15) is 5.26 Å². The fourth-order valence-electron chi connectivity index (χ4n) is 2.73. The van der Waals surface area contributed by atoms with Gasteiger partial charge in [0.1, 0.15) is 34.8 Å². The number of phenols is 1. The van der Waals surface area contributed by atoms with Crippen LogP contribution in [0, 0.1) is 28.8 Å². The molecule has 0 radical (unpaired) electrons. The molecule has 0 amide bonds. The van der Waals surface area contributed by atoms with E-state index in [0.717, 1.165) is 17.0 Å². The molecule has 3 aromatic carbocycles. The highest BCUT2D eigenvalue weighted by molar-refractivity contribution is 5.76. The summed E-state index contributed by atoms with van der Waals surface area (Å²) in [5, 5.41) is 19.0. The summed E-state index contributed by atoms with van der Waals surface area (Å²) in [5.41, 5.74) is 0.474. The molecule has 0 fully saturated rings. The van der Waals surface area contributed by atoms with E-state index in [1.165, 1.54) is 43.4 Å². The van der Waals surface area contributed by atoms with E-state index in [1.807, 2.05) is 0 Å². The van der Waals surface area contributed by atoms with E-state index in [2.05, 4.69) is 0 Å². The molecule has 0 aliphatic heterocycles. The Hall–Kier alpha value is -3.46. The van der Waals surface area contributed by atoms with Crippen molar-refractivity contribution in [3.8, 4) is 22.9 Å². The lowest BCUT2D eigenvalue weighted by atomic mass is 10.0. The first kappa shape index (κ1) is 17.4. The summed E-state index contributed by atoms with van der Waals surface area (Å²) >= 11 is 0. The molecule has 26 heavy (non-hydrogen) atoms. The maximum absolute atomic E-state index is 14.4. The minimum Gasteiger partial charge on any atom is -0.506 e. The van der Waals surface area contributed by atoms with E-state index in [4.69, 9.17) is 0 Å². The molecule has 3 rings (SSSR count). The summed E-state index contributed by atoms with van der Waals surface area (Å²) < 4.78 is 42.1. The number of anilines is 2. The number of rotatable bonds is 3. The number of phenolic OH excluding ortho intramolecular Hbond substituents is 1. The number of benzene rings is 3. The van der Waals surface area contributed by atoms with Crippen LogP contribution < -0.4 is 4.90 Å². The van der Waals surface area contributed by atoms with Crippen LogP contribution in [0.25, 0.3) is 11.1 Å². The van der Waals surface area contributed by atoms with Gasteiger partial charge < -0.3 is 10.0 Å². The maximum atomic E-state index is 14.4. The molecule has 0 spiro atoms. The van der Waals surface area contributed by atoms with Gasteiger partial charge in [0.2, 0.25) is 0 Å². The van der Waals surface area contributed by atoms with E-state index in [9.17, 15) is 23.5 Å². The van der Waals surface area contributed by atoms with Crippen molar-refractivity contribution in [1.82, 2.24) is 0 Å². The summed E-state index contributed by atoms with van der Waals surface area (Å²) in [4.78, 5) is 1.14. The lowest BCUT2D eigenvalue weighted by Gasteiger charge is -2.23. The van der Waals surface area contributed by atoms with Gasteiger partial charge in [-0.25, -0.2) is 13.2 Å². The SMILES string of the molecule is CN(c1cc(-c2cccc(F)c2)ccc1F)c1c(F)ccc(O)c1C#N. The number of hydrogen-bond acceptors (Lipinski definition) is 3. The standard InChI is InChI=1S/C20H13F3N2O/c1-25(20-15(11-24)19(26)8-7-17(20)23)18-10-13(5-6-16(18)22)12-3-2-4-14(21)9-12/h2-10,26H,1H3. The van der Waals surface area contributed by atoms with Crippen LogP contribution in [0.4, 0.5) is 24.5 Å². The van der Waals surface area contributed by atoms with Gasteiger partial charge in [0.25, 0.3) is 0 Å². The first-order valence-corrected chi connectivity index (χ1v) is 7.63. The van der Waals surface area contributed by atoms with Crippen molar-refractivity contribution < 1.29 is 18.3 Å². The number of halogens is 3. The molecule has 0 aromatic heterocycles. The van der Waals surface area contributed by atoms with Crippen LogP contribution in [0.15, 0.2) is 54.6 Å². The molecule has 130 valence electrons. The molecule has 0 saturated heterocycles. The summed E-state index contributed by atoms with van der Waals surface area (Å²) in [5.74, 6) is -2.28. The smallest absolute Gasteiger partial charge is 0.148 e. The largest absolute Gasteiger partial charge is 0.506 e. The average Bonchev–Trinajstić information content (AvgIpc) is 2.63. The van der Waals surface area contributed by atoms with E-state index >= 15 is 0 Å². The van der Waals surface area contributed by atoms with Crippen molar-refractivity contribution in [2.45, 2.75) is 0 Å². The molecule has 0 saturated carbocycles. The maximum Gasteiger partial charge on any atom is 0.148 e. The monoisotopic (exact) mass is 354 g/mol. The lowest BCUT2D eigenvalue weighted by Crippen LogP contribution is -2.15. The van der Waals surface area contributed by atoms with Crippen LogP contribution in [0.5, 0.6) is 5.75 Å². The number of hydrogen-bond donors (Lipinski definition) is 1. The highest BCUT2D eigenvalue weighted by Gasteiger charge is 2.20. The van der Waals surface area contributed by atoms with Crippen LogP contribution in [0.2, 0.25) is 0 Å². The zero-order valence-corrected chi connectivity index (χ0v) is 13.7. The van der Waals surface area contributed by atoms with Gasteiger partial charge in [0, 0.05) is 7.05 Å². The van der Waals surface area contributed by atoms with Crippen LogP contribution >= 0.6 is 0 Å². The molecular formula is C20H13F3N2O. The Balaban J connectivity index is 2.15. The molecule has 6 heteroatoms. The van der Waals surface area contributed by atoms with Gasteiger partial charge in [-0.15, -0.1) is 0 Å². The van der Waals surface area contributed by atoms with E-state index in [-0.39, 0.29) is 16.9 Å². The van der Waals surface area contributed by atoms with Crippen LogP contribution in [0.3, 0.4) is 0 Å². The number of nitriles is 1. The third-order valence-corrected chi connectivity index (χ3v) is 4.02. The molecule has 0 heterocycles. The summed E-state index contributed by atoms with van der Waals surface area (Å²) in [7, 11) is 1.38. The average molecular weight is 354 g/mol. The van der Waals surface area contributed by atoms with Gasteiger partial charge in [0.15, 0.2) is 0 Å². The molecule has 0 aliphatic carbocycles. The molecule has 0 atom stereocenters. The van der Waals surface area contributed by atoms with Crippen molar-refractivity contribution in [1.29, 1.82) is 5.26 Å². The third-order valence-electron chi connectivity index (χ3n) is 4.02. The Kier molecular flexibility index (Phi) is 4.55. The fourth-order valence-corrected chi connectivity index (χ4v) is 2.73. The second-order valence-corrected chi connectivity index (χ2v) is 5.64. The van der Waals surface area contributed by atoms with Gasteiger partial charge in [0.05, 0.1) is 11.4 Å². The van der Waals surface area contributed by atoms with Crippen molar-refractivity contribution in [2.24, 2.45) is 0 Å². The fraction of sp³-hybridized carbons (Fsp3) is 0.0500. The van der Waals surface area contributed by atoms with E-state index < -0.39 is 23.2 Å². The van der Waals surface area contributed by atoms with E-state index in [0.29, 0.717) is 11.1 Å². The number of aromatic hydroxyl groups is 1. The molecule has 3 aromatic rings. The van der Waals surface area contributed by atoms with Crippen LogP contribution in [-0.2, 0) is 0 Å². The Bertz CT molecular complexity index is 1030. The minimum atomic E-state index is -0.780. The zero-order chi connectivity index (χ0) is 18.8. The van der Waals surface area contributed by atoms with Crippen molar-refractivity contribution in [2.75, 3.05) is 11.9 Å². The Morgan fingerprint density at radius 3 is 2.31 bits per heavy atom. The van der Waals surface area contributed by atoms with Gasteiger partial charge >= 0.3 is 0 Å². The predicted molar refractivity (Wildman–Crippen MR) is 92.6 cm³/mol. The topological polar surface area (TPSA) is 47.3 Å². The lowest BCUT2D eigenvalue weighted by molar-refractivity contribution is 0.471. The highest BCUT2D eigenvalue weighted by Crippen LogP contribution is 2.37. The minimum absolute atomic E-state index is 0.0206. The number of nitrogens with zero attached hydrogens (tertiary/aromatic N) is 2. The van der Waals surface area contributed by atoms with Crippen molar-refractivity contribution in [3.63, 3.8) is 0 Å². The van der Waals surface area contributed by atoms with Gasteiger partial charge in [-0.1, -0.05) is 18.2 Å². The molecule has 3 nitrogen and oxygen atoms in total. The summed E-state index contributed by atoms with van der Waals surface area (Å²) in [6, 6.07) is 13.6. The van der Waals surface area contributed by atoms with Crippen LogP contribution in [-0.4, -0.2) is 12.2 Å². The van der Waals surface area contributed by atoms with Crippen molar-refractivity contribution in [3.05, 3.63) is 77.6 Å². The van der Waals surface area contributed by atoms with Crippen LogP contribution in [0.1, 0.15) is 5.56 Å². The van der Waals surface area contributed by atoms with E-state index in [1.54, 1.807) is 12.1 Å².